The molecule has 0 bridgehead atoms. The maximum absolute atomic E-state index is 13.1. The maximum Gasteiger partial charge on any atom is 0.326 e. The second-order valence-electron chi connectivity index (χ2n) is 6.63. The van der Waals surface area contributed by atoms with Crippen LogP contribution in [0.2, 0.25) is 5.02 Å². The minimum absolute atomic E-state index is 0.0296. The molecule has 2 aromatic carbocycles. The lowest BCUT2D eigenvalue weighted by molar-refractivity contribution is -0.142. The summed E-state index contributed by atoms with van der Waals surface area (Å²) in [5.74, 6) is -1.05. The van der Waals surface area contributed by atoms with Gasteiger partial charge in [0.1, 0.15) is 11.9 Å². The molecule has 142 valence electrons. The Labute approximate surface area is 166 Å². The predicted molar refractivity (Wildman–Crippen MR) is 103 cm³/mol. The summed E-state index contributed by atoms with van der Waals surface area (Å²) in [6, 6.07) is 13.6. The normalized spacial score (nSPS) is 15.9. The molecule has 2 heterocycles. The van der Waals surface area contributed by atoms with E-state index in [2.05, 4.69) is 10.1 Å². The molecule has 1 aromatic heterocycles. The average Bonchev–Trinajstić information content (AvgIpc) is 3.08. The zero-order chi connectivity index (χ0) is 19.8. The molecule has 0 saturated carbocycles. The average molecular weight is 397 g/mol. The van der Waals surface area contributed by atoms with Gasteiger partial charge in [-0.15, -0.1) is 5.10 Å². The fourth-order valence-electron chi connectivity index (χ4n) is 3.39. The topological polar surface area (TPSA) is 88.3 Å². The van der Waals surface area contributed by atoms with Gasteiger partial charge in [0, 0.05) is 18.0 Å². The van der Waals surface area contributed by atoms with E-state index < -0.39 is 17.9 Å². The molecule has 0 radical (unpaired) electrons. The Kier molecular flexibility index (Phi) is 4.60. The second kappa shape index (κ2) is 7.09. The van der Waals surface area contributed by atoms with Gasteiger partial charge in [-0.3, -0.25) is 4.79 Å². The monoisotopic (exact) mass is 396 g/mol. The number of carbonyl (C=O) groups excluding carboxylic acids is 1. The molecule has 1 atom stereocenters. The van der Waals surface area contributed by atoms with Crippen molar-refractivity contribution >= 4 is 23.5 Å². The van der Waals surface area contributed by atoms with E-state index in [-0.39, 0.29) is 18.8 Å². The minimum Gasteiger partial charge on any atom is -0.480 e. The molecule has 0 fully saturated rings. The second-order valence-corrected chi connectivity index (χ2v) is 7.07. The Bertz CT molecular complexity index is 1060. The minimum atomic E-state index is -1.04. The molecule has 0 unspecified atom stereocenters. The SMILES string of the molecule is Cc1nc(C(=O)N2Cc3ccccc3C[C@H]2C(=O)O)nn1-c1ccc(Cl)cc1. The van der Waals surface area contributed by atoms with Gasteiger partial charge in [0.2, 0.25) is 5.82 Å². The van der Waals surface area contributed by atoms with Gasteiger partial charge in [-0.25, -0.2) is 14.5 Å². The summed E-state index contributed by atoms with van der Waals surface area (Å²) in [5, 5.41) is 14.5. The summed E-state index contributed by atoms with van der Waals surface area (Å²) in [6.45, 7) is 1.94. The van der Waals surface area contributed by atoms with Crippen LogP contribution >= 0.6 is 11.6 Å². The number of benzene rings is 2. The zero-order valence-electron chi connectivity index (χ0n) is 15.0. The first-order valence-corrected chi connectivity index (χ1v) is 9.12. The van der Waals surface area contributed by atoms with Crippen LogP contribution in [0.15, 0.2) is 48.5 Å². The first kappa shape index (κ1) is 18.2. The van der Waals surface area contributed by atoms with Crippen LogP contribution in [0.5, 0.6) is 0 Å². The Morgan fingerprint density at radius 1 is 1.11 bits per heavy atom. The number of aliphatic carboxylic acids is 1. The van der Waals surface area contributed by atoms with Gasteiger partial charge in [0.05, 0.1) is 5.69 Å². The van der Waals surface area contributed by atoms with E-state index in [1.807, 2.05) is 24.3 Å². The maximum atomic E-state index is 13.1. The van der Waals surface area contributed by atoms with E-state index in [1.54, 1.807) is 31.2 Å². The fraction of sp³-hybridized carbons (Fsp3) is 0.200. The Morgan fingerprint density at radius 3 is 2.46 bits per heavy atom. The van der Waals surface area contributed by atoms with Crippen LogP contribution < -0.4 is 0 Å². The van der Waals surface area contributed by atoms with Gasteiger partial charge in [-0.2, -0.15) is 0 Å². The summed E-state index contributed by atoms with van der Waals surface area (Å²) in [5.41, 5.74) is 2.59. The molecule has 0 aliphatic carbocycles. The van der Waals surface area contributed by atoms with Gasteiger partial charge in [-0.05, 0) is 42.3 Å². The van der Waals surface area contributed by atoms with E-state index >= 15 is 0 Å². The molecule has 1 aliphatic heterocycles. The number of hydrogen-bond acceptors (Lipinski definition) is 4. The summed E-state index contributed by atoms with van der Waals surface area (Å²) in [4.78, 5) is 30.5. The van der Waals surface area contributed by atoms with Crippen LogP contribution in [0.3, 0.4) is 0 Å². The van der Waals surface area contributed by atoms with Crippen molar-refractivity contribution in [2.75, 3.05) is 0 Å². The molecular weight excluding hydrogens is 380 g/mol. The number of aryl methyl sites for hydroxylation is 1. The number of carboxylic acid groups (broad SMARTS) is 1. The van der Waals surface area contributed by atoms with Crippen molar-refractivity contribution in [3.63, 3.8) is 0 Å². The first-order valence-electron chi connectivity index (χ1n) is 8.74. The third kappa shape index (κ3) is 3.25. The predicted octanol–water partition coefficient (Wildman–Crippen LogP) is 2.88. The highest BCUT2D eigenvalue weighted by atomic mass is 35.5. The van der Waals surface area contributed by atoms with Crippen molar-refractivity contribution in [2.45, 2.75) is 25.9 Å². The smallest absolute Gasteiger partial charge is 0.326 e. The molecule has 8 heteroatoms. The van der Waals surface area contributed by atoms with Crippen molar-refractivity contribution in [3.05, 3.63) is 76.3 Å². The van der Waals surface area contributed by atoms with Crippen LogP contribution in [-0.2, 0) is 17.8 Å². The standard InChI is InChI=1S/C20H17ClN4O3/c1-12-22-18(23-25(12)16-8-6-15(21)7-9-16)19(26)24-11-14-5-3-2-4-13(14)10-17(24)20(27)28/h2-9,17H,10-11H2,1H3,(H,27,28)/t17-/m0/s1. The van der Waals surface area contributed by atoms with E-state index in [0.717, 1.165) is 11.1 Å². The molecule has 3 aromatic rings. The highest BCUT2D eigenvalue weighted by molar-refractivity contribution is 6.30. The van der Waals surface area contributed by atoms with E-state index in [1.165, 1.54) is 9.58 Å². The molecule has 1 N–H and O–H groups in total. The Morgan fingerprint density at radius 2 is 1.79 bits per heavy atom. The lowest BCUT2D eigenvalue weighted by Crippen LogP contribution is -2.49. The van der Waals surface area contributed by atoms with E-state index in [4.69, 9.17) is 11.6 Å². The molecule has 1 amide bonds. The van der Waals surface area contributed by atoms with Crippen LogP contribution in [0.4, 0.5) is 0 Å². The highest BCUT2D eigenvalue weighted by Crippen LogP contribution is 2.25. The van der Waals surface area contributed by atoms with Crippen LogP contribution in [0, 0.1) is 6.92 Å². The summed E-state index contributed by atoms with van der Waals surface area (Å²) < 4.78 is 1.54. The van der Waals surface area contributed by atoms with Gasteiger partial charge in [0.15, 0.2) is 0 Å². The lowest BCUT2D eigenvalue weighted by atomic mass is 9.94. The van der Waals surface area contributed by atoms with Crippen molar-refractivity contribution in [1.29, 1.82) is 0 Å². The number of rotatable bonds is 3. The third-order valence-corrected chi connectivity index (χ3v) is 5.08. The summed E-state index contributed by atoms with van der Waals surface area (Å²) in [7, 11) is 0. The highest BCUT2D eigenvalue weighted by Gasteiger charge is 2.36. The van der Waals surface area contributed by atoms with Gasteiger partial charge < -0.3 is 10.0 Å². The van der Waals surface area contributed by atoms with Crippen LogP contribution in [0.1, 0.15) is 27.6 Å². The number of fused-ring (bicyclic) bond motifs is 1. The number of amides is 1. The molecule has 28 heavy (non-hydrogen) atoms. The van der Waals surface area contributed by atoms with Gasteiger partial charge >= 0.3 is 5.97 Å². The largest absolute Gasteiger partial charge is 0.480 e. The molecule has 1 aliphatic rings. The van der Waals surface area contributed by atoms with Crippen molar-refractivity contribution in [1.82, 2.24) is 19.7 Å². The van der Waals surface area contributed by atoms with Gasteiger partial charge in [0.25, 0.3) is 5.91 Å². The molecular formula is C20H17ClN4O3. The lowest BCUT2D eigenvalue weighted by Gasteiger charge is -2.33. The number of nitrogens with zero attached hydrogens (tertiary/aromatic N) is 4. The number of carbonyl (C=O) groups is 2. The Balaban J connectivity index is 1.68. The number of hydrogen-bond donors (Lipinski definition) is 1. The number of aromatic nitrogens is 3. The fourth-order valence-corrected chi connectivity index (χ4v) is 3.52. The first-order chi connectivity index (χ1) is 13.4. The van der Waals surface area contributed by atoms with Crippen molar-refractivity contribution in [2.24, 2.45) is 0 Å². The zero-order valence-corrected chi connectivity index (χ0v) is 15.8. The molecule has 0 spiro atoms. The molecule has 0 saturated heterocycles. The van der Waals surface area contributed by atoms with Crippen molar-refractivity contribution in [3.8, 4) is 5.69 Å². The summed E-state index contributed by atoms with van der Waals surface area (Å²) in [6.07, 6.45) is 0.258. The summed E-state index contributed by atoms with van der Waals surface area (Å²) >= 11 is 5.92. The van der Waals surface area contributed by atoms with Crippen molar-refractivity contribution < 1.29 is 14.7 Å². The Hall–Kier alpha value is -3.19. The van der Waals surface area contributed by atoms with Crippen LogP contribution in [0.25, 0.3) is 5.69 Å². The van der Waals surface area contributed by atoms with Gasteiger partial charge in [-0.1, -0.05) is 35.9 Å². The quantitative estimate of drug-likeness (QED) is 0.735. The third-order valence-electron chi connectivity index (χ3n) is 4.83. The number of carboxylic acids is 1. The molecule has 4 rings (SSSR count). The van der Waals surface area contributed by atoms with Crippen LogP contribution in [-0.4, -0.2) is 42.7 Å². The molecule has 7 nitrogen and oxygen atoms in total. The van der Waals surface area contributed by atoms with E-state index in [9.17, 15) is 14.7 Å². The number of halogens is 1. The van der Waals surface area contributed by atoms with E-state index in [0.29, 0.717) is 16.5 Å².